The molecule has 0 fully saturated rings. The first-order valence-electron chi connectivity index (χ1n) is 20.4. The van der Waals surface area contributed by atoms with Crippen LogP contribution in [-0.2, 0) is 0 Å². The second kappa shape index (κ2) is 39.4. The van der Waals surface area contributed by atoms with Crippen LogP contribution in [0.2, 0.25) is 0 Å². The molecule has 0 aromatic heterocycles. The second-order valence-corrected chi connectivity index (χ2v) is 14.2. The SMILES string of the molecule is CCCCCCCCCCCCCCCCCCN(CCCCCCCCCCCCCCCCCC)C(C)(O)CC.CCl. The number of nitrogens with zero attached hydrogens (tertiary/aromatic N) is 1. The Morgan fingerprint density at radius 3 is 0.727 bits per heavy atom. The van der Waals surface area contributed by atoms with Crippen LogP contribution in [0.5, 0.6) is 0 Å². The largest absolute Gasteiger partial charge is 0.376 e. The highest BCUT2D eigenvalue weighted by atomic mass is 35.5. The van der Waals surface area contributed by atoms with Gasteiger partial charge in [0.25, 0.3) is 0 Å². The number of unbranched alkanes of at least 4 members (excludes halogenated alkanes) is 30. The molecular weight excluding hydrogens is 558 g/mol. The zero-order valence-corrected chi connectivity index (χ0v) is 32.3. The summed E-state index contributed by atoms with van der Waals surface area (Å²) in [6, 6.07) is 0. The van der Waals surface area contributed by atoms with E-state index in [1.165, 1.54) is 212 Å². The summed E-state index contributed by atoms with van der Waals surface area (Å²) >= 11 is 4.64. The first kappa shape index (κ1) is 46.3. The van der Waals surface area contributed by atoms with Crippen molar-refractivity contribution < 1.29 is 5.11 Å². The summed E-state index contributed by atoms with van der Waals surface area (Å²) in [5.41, 5.74) is -0.634. The highest BCUT2D eigenvalue weighted by molar-refractivity contribution is 6.15. The van der Waals surface area contributed by atoms with Crippen LogP contribution in [0.25, 0.3) is 0 Å². The van der Waals surface area contributed by atoms with E-state index in [4.69, 9.17) is 0 Å². The summed E-state index contributed by atoms with van der Waals surface area (Å²) < 4.78 is 0. The Kier molecular flexibility index (Phi) is 41.5. The second-order valence-electron chi connectivity index (χ2n) is 14.2. The Labute approximate surface area is 285 Å². The summed E-state index contributed by atoms with van der Waals surface area (Å²) in [7, 11) is 0. The van der Waals surface area contributed by atoms with E-state index in [-0.39, 0.29) is 0 Å². The van der Waals surface area contributed by atoms with E-state index in [9.17, 15) is 5.11 Å². The summed E-state index contributed by atoms with van der Waals surface area (Å²) in [6.45, 7) is 10.9. The van der Waals surface area contributed by atoms with Gasteiger partial charge in [-0.3, -0.25) is 4.90 Å². The Morgan fingerprint density at radius 2 is 0.545 bits per heavy atom. The predicted octanol–water partition coefficient (Wildman–Crippen LogP) is 14.8. The topological polar surface area (TPSA) is 23.5 Å². The molecule has 3 heteroatoms. The molecule has 0 saturated heterocycles. The van der Waals surface area contributed by atoms with Gasteiger partial charge in [-0.25, -0.2) is 0 Å². The van der Waals surface area contributed by atoms with Crippen molar-refractivity contribution in [3.8, 4) is 0 Å². The molecule has 0 saturated carbocycles. The minimum absolute atomic E-state index is 0.634. The fourth-order valence-corrected chi connectivity index (χ4v) is 6.52. The van der Waals surface area contributed by atoms with Gasteiger partial charge in [-0.2, -0.15) is 0 Å². The lowest BCUT2D eigenvalue weighted by atomic mass is 10.0. The minimum atomic E-state index is -0.634. The number of hydrogen-bond donors (Lipinski definition) is 1. The molecule has 44 heavy (non-hydrogen) atoms. The van der Waals surface area contributed by atoms with Crippen molar-refractivity contribution in [3.05, 3.63) is 0 Å². The normalized spacial score (nSPS) is 12.8. The van der Waals surface area contributed by atoms with Crippen LogP contribution in [0, 0.1) is 0 Å². The maximum atomic E-state index is 11.0. The van der Waals surface area contributed by atoms with E-state index in [1.807, 2.05) is 6.92 Å². The van der Waals surface area contributed by atoms with Crippen LogP contribution in [0.1, 0.15) is 240 Å². The van der Waals surface area contributed by atoms with Gasteiger partial charge >= 0.3 is 0 Å². The Morgan fingerprint density at radius 1 is 0.364 bits per heavy atom. The molecule has 0 aromatic carbocycles. The van der Waals surface area contributed by atoms with E-state index < -0.39 is 5.72 Å². The third-order valence-corrected chi connectivity index (χ3v) is 9.91. The lowest BCUT2D eigenvalue weighted by molar-refractivity contribution is -0.0974. The highest BCUT2D eigenvalue weighted by Crippen LogP contribution is 2.20. The van der Waals surface area contributed by atoms with Gasteiger partial charge in [-0.05, 0) is 26.2 Å². The van der Waals surface area contributed by atoms with E-state index in [1.54, 1.807) is 0 Å². The van der Waals surface area contributed by atoms with E-state index in [0.29, 0.717) is 0 Å². The van der Waals surface area contributed by atoms with E-state index in [2.05, 4.69) is 37.3 Å². The first-order chi connectivity index (χ1) is 21.6. The molecule has 0 aromatic rings. The number of rotatable bonds is 36. The molecule has 0 bridgehead atoms. The van der Waals surface area contributed by atoms with Crippen LogP contribution in [0.15, 0.2) is 0 Å². The van der Waals surface area contributed by atoms with Gasteiger partial charge in [0.15, 0.2) is 0 Å². The smallest absolute Gasteiger partial charge is 0.115 e. The monoisotopic (exact) mass is 644 g/mol. The van der Waals surface area contributed by atoms with Crippen molar-refractivity contribution in [2.45, 2.75) is 245 Å². The number of halogens is 1. The minimum Gasteiger partial charge on any atom is -0.376 e. The van der Waals surface area contributed by atoms with Crippen molar-refractivity contribution in [1.82, 2.24) is 4.90 Å². The predicted molar refractivity (Wildman–Crippen MR) is 203 cm³/mol. The third-order valence-electron chi connectivity index (χ3n) is 9.91. The van der Waals surface area contributed by atoms with Gasteiger partial charge in [0, 0.05) is 19.5 Å². The van der Waals surface area contributed by atoms with Crippen LogP contribution in [0.4, 0.5) is 0 Å². The summed E-state index contributed by atoms with van der Waals surface area (Å²) in [6.07, 6.45) is 47.6. The van der Waals surface area contributed by atoms with Gasteiger partial charge in [-0.15, -0.1) is 11.6 Å². The molecule has 0 amide bonds. The maximum Gasteiger partial charge on any atom is 0.115 e. The average Bonchev–Trinajstić information content (AvgIpc) is 3.04. The zero-order chi connectivity index (χ0) is 32.8. The van der Waals surface area contributed by atoms with Crippen molar-refractivity contribution in [2.24, 2.45) is 0 Å². The van der Waals surface area contributed by atoms with Gasteiger partial charge in [0.05, 0.1) is 0 Å². The molecule has 1 atom stereocenters. The lowest BCUT2D eigenvalue weighted by Crippen LogP contribution is -2.46. The standard InChI is InChI=1S/C40H83NO.CH3Cl/c1-5-8-10-12-14-16-18-20-22-24-26-28-30-32-34-36-38-41(40(4,42)7-3)39-37-35-33-31-29-27-25-23-21-19-17-15-13-11-9-6-2;1-2/h42H,5-39H2,1-4H3;1H3. The molecule has 0 rings (SSSR count). The highest BCUT2D eigenvalue weighted by Gasteiger charge is 2.25. The van der Waals surface area contributed by atoms with Crippen LogP contribution in [-0.4, -0.2) is 35.2 Å². The molecule has 0 heterocycles. The van der Waals surface area contributed by atoms with Crippen molar-refractivity contribution in [2.75, 3.05) is 19.5 Å². The molecule has 2 nitrogen and oxygen atoms in total. The zero-order valence-electron chi connectivity index (χ0n) is 31.5. The van der Waals surface area contributed by atoms with Crippen molar-refractivity contribution in [1.29, 1.82) is 0 Å². The van der Waals surface area contributed by atoms with Gasteiger partial charge in [0.1, 0.15) is 5.72 Å². The lowest BCUT2D eigenvalue weighted by Gasteiger charge is -2.36. The maximum absolute atomic E-state index is 11.0. The van der Waals surface area contributed by atoms with Crippen LogP contribution < -0.4 is 0 Å². The molecule has 0 aliphatic heterocycles. The molecule has 1 unspecified atom stereocenters. The number of hydrogen-bond acceptors (Lipinski definition) is 2. The van der Waals surface area contributed by atoms with Gasteiger partial charge in [0.2, 0.25) is 0 Å². The van der Waals surface area contributed by atoms with Crippen LogP contribution >= 0.6 is 11.6 Å². The fourth-order valence-electron chi connectivity index (χ4n) is 6.52. The third kappa shape index (κ3) is 35.1. The Hall–Kier alpha value is 0.210. The molecule has 268 valence electrons. The molecule has 0 aliphatic rings. The average molecular weight is 645 g/mol. The number of alkyl halides is 1. The Balaban J connectivity index is 0. The molecular formula is C41H86ClNO. The van der Waals surface area contributed by atoms with Gasteiger partial charge in [-0.1, -0.05) is 213 Å². The number of aliphatic hydroxyl groups is 1. The molecule has 0 radical (unpaired) electrons. The van der Waals surface area contributed by atoms with E-state index >= 15 is 0 Å². The molecule has 0 spiro atoms. The Bertz CT molecular complexity index is 461. The summed E-state index contributed by atoms with van der Waals surface area (Å²) in [4.78, 5) is 2.39. The molecule has 0 aliphatic carbocycles. The fraction of sp³-hybridized carbons (Fsp3) is 1.00. The van der Waals surface area contributed by atoms with Crippen LogP contribution in [0.3, 0.4) is 0 Å². The van der Waals surface area contributed by atoms with Gasteiger partial charge < -0.3 is 5.11 Å². The first-order valence-corrected chi connectivity index (χ1v) is 21.2. The quantitative estimate of drug-likeness (QED) is 0.0417. The van der Waals surface area contributed by atoms with Crippen molar-refractivity contribution >= 4 is 11.6 Å². The summed E-state index contributed by atoms with van der Waals surface area (Å²) in [5, 5.41) is 11.0. The summed E-state index contributed by atoms with van der Waals surface area (Å²) in [5.74, 6) is 0. The van der Waals surface area contributed by atoms with Crippen molar-refractivity contribution in [3.63, 3.8) is 0 Å². The molecule has 1 N–H and O–H groups in total. The van der Waals surface area contributed by atoms with E-state index in [0.717, 1.165) is 19.5 Å².